The number of nitrogens with one attached hydrogen (secondary N) is 2. The van der Waals surface area contributed by atoms with Crippen molar-refractivity contribution in [2.24, 2.45) is 0 Å². The van der Waals surface area contributed by atoms with E-state index in [1.165, 1.54) is 43.3 Å². The van der Waals surface area contributed by atoms with Gasteiger partial charge in [0.15, 0.2) is 6.10 Å². The Morgan fingerprint density at radius 1 is 1.04 bits per heavy atom. The normalized spacial score (nSPS) is 11.5. The van der Waals surface area contributed by atoms with Crippen LogP contribution >= 0.6 is 15.9 Å². The van der Waals surface area contributed by atoms with Crippen molar-refractivity contribution in [2.45, 2.75) is 13.0 Å². The third kappa shape index (κ3) is 4.76. The lowest BCUT2D eigenvalue weighted by Gasteiger charge is -2.15. The van der Waals surface area contributed by atoms with Crippen LogP contribution in [-0.2, 0) is 4.79 Å². The van der Waals surface area contributed by atoms with Crippen LogP contribution < -0.4 is 15.6 Å². The monoisotopic (exact) mass is 398 g/mol. The van der Waals surface area contributed by atoms with Gasteiger partial charge in [0.05, 0.1) is 5.56 Å². The van der Waals surface area contributed by atoms with Gasteiger partial charge in [0.25, 0.3) is 11.8 Å². The average Bonchev–Trinajstić information content (AvgIpc) is 2.56. The van der Waals surface area contributed by atoms with Crippen LogP contribution in [0.15, 0.2) is 46.9 Å². The Labute approximate surface area is 145 Å². The summed E-state index contributed by atoms with van der Waals surface area (Å²) in [5.74, 6) is -2.02. The molecule has 0 spiro atoms. The molecule has 2 amide bonds. The molecular weight excluding hydrogens is 386 g/mol. The molecule has 0 unspecified atom stereocenters. The molecule has 126 valence electrons. The fraction of sp³-hybridized carbons (Fsp3) is 0.125. The summed E-state index contributed by atoms with van der Waals surface area (Å²) < 4.78 is 31.7. The van der Waals surface area contributed by atoms with Crippen molar-refractivity contribution in [3.05, 3.63) is 64.1 Å². The maximum atomic E-state index is 13.2. The van der Waals surface area contributed by atoms with Gasteiger partial charge in [-0.05, 0) is 65.3 Å². The van der Waals surface area contributed by atoms with Gasteiger partial charge in [0.2, 0.25) is 0 Å². The summed E-state index contributed by atoms with van der Waals surface area (Å²) in [6.45, 7) is 1.46. The summed E-state index contributed by atoms with van der Waals surface area (Å²) in [7, 11) is 0. The molecule has 0 saturated carbocycles. The molecule has 0 fully saturated rings. The second kappa shape index (κ2) is 7.87. The zero-order chi connectivity index (χ0) is 17.7. The van der Waals surface area contributed by atoms with Gasteiger partial charge in [-0.15, -0.1) is 0 Å². The number of ether oxygens (including phenoxy) is 1. The summed E-state index contributed by atoms with van der Waals surface area (Å²) in [4.78, 5) is 23.8. The minimum atomic E-state index is -0.938. The number of hydrogen-bond acceptors (Lipinski definition) is 3. The first-order valence-corrected chi connectivity index (χ1v) is 7.63. The molecule has 1 atom stereocenters. The molecule has 0 heterocycles. The first-order valence-electron chi connectivity index (χ1n) is 6.84. The van der Waals surface area contributed by atoms with E-state index in [0.29, 0.717) is 10.2 Å². The second-order valence-electron chi connectivity index (χ2n) is 4.78. The van der Waals surface area contributed by atoms with E-state index < -0.39 is 29.6 Å². The summed E-state index contributed by atoms with van der Waals surface area (Å²) in [5.41, 5.74) is 4.38. The average molecular weight is 399 g/mol. The summed E-state index contributed by atoms with van der Waals surface area (Å²) >= 11 is 3.12. The Morgan fingerprint density at radius 2 is 1.67 bits per heavy atom. The Kier molecular flexibility index (Phi) is 5.86. The number of carbonyl (C=O) groups excluding carboxylic acids is 2. The molecular formula is C16H13BrF2N2O3. The molecule has 2 N–H and O–H groups in total. The zero-order valence-electron chi connectivity index (χ0n) is 12.5. The van der Waals surface area contributed by atoms with E-state index in [0.717, 1.165) is 6.07 Å². The molecule has 2 aromatic rings. The molecule has 0 bridgehead atoms. The molecule has 2 aromatic carbocycles. The van der Waals surface area contributed by atoms with Crippen molar-refractivity contribution in [2.75, 3.05) is 0 Å². The Bertz CT molecular complexity index is 753. The van der Waals surface area contributed by atoms with Crippen molar-refractivity contribution in [1.29, 1.82) is 0 Å². The van der Waals surface area contributed by atoms with Crippen LogP contribution in [0.2, 0.25) is 0 Å². The zero-order valence-corrected chi connectivity index (χ0v) is 14.1. The van der Waals surface area contributed by atoms with E-state index in [1.54, 1.807) is 0 Å². The number of hydrogen-bond donors (Lipinski definition) is 2. The highest BCUT2D eigenvalue weighted by Crippen LogP contribution is 2.17. The van der Waals surface area contributed by atoms with Crippen molar-refractivity contribution in [3.63, 3.8) is 0 Å². The molecule has 0 aliphatic carbocycles. The topological polar surface area (TPSA) is 67.4 Å². The van der Waals surface area contributed by atoms with Gasteiger partial charge in [0, 0.05) is 4.47 Å². The van der Waals surface area contributed by atoms with Gasteiger partial charge in [-0.25, -0.2) is 8.78 Å². The van der Waals surface area contributed by atoms with Gasteiger partial charge >= 0.3 is 0 Å². The first kappa shape index (κ1) is 17.9. The van der Waals surface area contributed by atoms with Crippen LogP contribution in [-0.4, -0.2) is 17.9 Å². The number of hydrazine groups is 1. The summed E-state index contributed by atoms with van der Waals surface area (Å²) in [6.07, 6.45) is -0.938. The molecule has 2 rings (SSSR count). The van der Waals surface area contributed by atoms with E-state index in [4.69, 9.17) is 4.74 Å². The third-order valence-electron chi connectivity index (χ3n) is 2.97. The standard InChI is InChI=1S/C16H13BrF2N2O3/c1-9(24-12-5-2-10(18)3-6-12)15(22)20-21-16(23)13-8-11(19)4-7-14(13)17/h2-9H,1H3,(H,20,22)(H,21,23)/t9-/m0/s1. The summed E-state index contributed by atoms with van der Waals surface area (Å²) in [5, 5.41) is 0. The quantitative estimate of drug-likeness (QED) is 0.778. The van der Waals surface area contributed by atoms with Crippen molar-refractivity contribution < 1.29 is 23.1 Å². The molecule has 0 saturated heterocycles. The second-order valence-corrected chi connectivity index (χ2v) is 5.64. The predicted molar refractivity (Wildman–Crippen MR) is 86.2 cm³/mol. The van der Waals surface area contributed by atoms with Gasteiger partial charge in [-0.1, -0.05) is 0 Å². The summed E-state index contributed by atoms with van der Waals surface area (Å²) in [6, 6.07) is 8.75. The molecule has 24 heavy (non-hydrogen) atoms. The van der Waals surface area contributed by atoms with Crippen LogP contribution in [0.1, 0.15) is 17.3 Å². The van der Waals surface area contributed by atoms with Gasteiger partial charge in [-0.3, -0.25) is 20.4 Å². The van der Waals surface area contributed by atoms with Gasteiger partial charge < -0.3 is 4.74 Å². The maximum Gasteiger partial charge on any atom is 0.279 e. The number of amides is 2. The lowest BCUT2D eigenvalue weighted by molar-refractivity contribution is -0.128. The highest BCUT2D eigenvalue weighted by molar-refractivity contribution is 9.10. The van der Waals surface area contributed by atoms with Crippen LogP contribution in [0.4, 0.5) is 8.78 Å². The fourth-order valence-corrected chi connectivity index (χ4v) is 2.16. The van der Waals surface area contributed by atoms with Gasteiger partial charge in [-0.2, -0.15) is 0 Å². The smallest absolute Gasteiger partial charge is 0.279 e. The van der Waals surface area contributed by atoms with Crippen LogP contribution in [0.5, 0.6) is 5.75 Å². The van der Waals surface area contributed by atoms with Crippen molar-refractivity contribution in [1.82, 2.24) is 10.9 Å². The minimum Gasteiger partial charge on any atom is -0.481 e. The SMILES string of the molecule is C[C@H](Oc1ccc(F)cc1)C(=O)NNC(=O)c1cc(F)ccc1Br. The molecule has 5 nitrogen and oxygen atoms in total. The molecule has 0 aliphatic rings. The Balaban J connectivity index is 1.91. The van der Waals surface area contributed by atoms with Crippen molar-refractivity contribution in [3.8, 4) is 5.75 Å². The first-order chi connectivity index (χ1) is 11.4. The fourth-order valence-electron chi connectivity index (χ4n) is 1.73. The minimum absolute atomic E-state index is 0.0300. The number of carbonyl (C=O) groups is 2. The Hall–Kier alpha value is -2.48. The molecule has 0 aliphatic heterocycles. The largest absolute Gasteiger partial charge is 0.481 e. The highest BCUT2D eigenvalue weighted by Gasteiger charge is 2.17. The lowest BCUT2D eigenvalue weighted by atomic mass is 10.2. The van der Waals surface area contributed by atoms with Crippen LogP contribution in [0.25, 0.3) is 0 Å². The van der Waals surface area contributed by atoms with Crippen LogP contribution in [0, 0.1) is 11.6 Å². The lowest BCUT2D eigenvalue weighted by Crippen LogP contribution is -2.47. The highest BCUT2D eigenvalue weighted by atomic mass is 79.9. The van der Waals surface area contributed by atoms with Gasteiger partial charge in [0.1, 0.15) is 17.4 Å². The molecule has 0 radical (unpaired) electrons. The number of halogens is 3. The third-order valence-corrected chi connectivity index (χ3v) is 3.66. The predicted octanol–water partition coefficient (Wildman–Crippen LogP) is 2.96. The van der Waals surface area contributed by atoms with E-state index >= 15 is 0 Å². The van der Waals surface area contributed by atoms with Crippen LogP contribution in [0.3, 0.4) is 0 Å². The number of rotatable bonds is 4. The van der Waals surface area contributed by atoms with E-state index in [-0.39, 0.29) is 5.56 Å². The molecule has 8 heteroatoms. The number of benzene rings is 2. The van der Waals surface area contributed by atoms with E-state index in [9.17, 15) is 18.4 Å². The Morgan fingerprint density at radius 3 is 2.33 bits per heavy atom. The van der Waals surface area contributed by atoms with E-state index in [2.05, 4.69) is 26.8 Å². The van der Waals surface area contributed by atoms with E-state index in [1.807, 2.05) is 0 Å². The molecule has 0 aromatic heterocycles. The van der Waals surface area contributed by atoms with Crippen molar-refractivity contribution >= 4 is 27.7 Å². The maximum absolute atomic E-state index is 13.2.